The van der Waals surface area contributed by atoms with Crippen LogP contribution in [-0.4, -0.2) is 35.7 Å². The van der Waals surface area contributed by atoms with Crippen molar-refractivity contribution < 1.29 is 29.0 Å². The van der Waals surface area contributed by atoms with Crippen molar-refractivity contribution >= 4 is 17.9 Å². The summed E-state index contributed by atoms with van der Waals surface area (Å²) < 4.78 is 10.1. The van der Waals surface area contributed by atoms with Crippen molar-refractivity contribution in [3.8, 4) is 0 Å². The average Bonchev–Trinajstić information content (AvgIpc) is 2.53. The SMILES string of the molecule is C=CC(=O)OCCC(CC)OC(=O)c1ccccc1C(=O)O. The Morgan fingerprint density at radius 2 is 1.91 bits per heavy atom. The molecular formula is C16H18O6. The number of carboxylic acids is 1. The first-order valence-corrected chi connectivity index (χ1v) is 6.82. The van der Waals surface area contributed by atoms with Crippen molar-refractivity contribution in [3.63, 3.8) is 0 Å². The smallest absolute Gasteiger partial charge is 0.339 e. The van der Waals surface area contributed by atoms with Gasteiger partial charge < -0.3 is 14.6 Å². The molecule has 1 aromatic rings. The van der Waals surface area contributed by atoms with Crippen molar-refractivity contribution in [2.24, 2.45) is 0 Å². The number of aromatic carboxylic acids is 1. The Labute approximate surface area is 128 Å². The topological polar surface area (TPSA) is 89.9 Å². The van der Waals surface area contributed by atoms with E-state index in [1.165, 1.54) is 18.2 Å². The van der Waals surface area contributed by atoms with Gasteiger partial charge in [0, 0.05) is 12.5 Å². The monoisotopic (exact) mass is 306 g/mol. The molecule has 22 heavy (non-hydrogen) atoms. The first-order valence-electron chi connectivity index (χ1n) is 6.82. The molecule has 0 aliphatic rings. The summed E-state index contributed by atoms with van der Waals surface area (Å²) in [6.07, 6.45) is 1.44. The van der Waals surface area contributed by atoms with Gasteiger partial charge in [0.15, 0.2) is 0 Å². The molecule has 0 spiro atoms. The number of hydrogen-bond donors (Lipinski definition) is 1. The normalized spacial score (nSPS) is 11.3. The summed E-state index contributed by atoms with van der Waals surface area (Å²) in [5.74, 6) is -2.45. The van der Waals surface area contributed by atoms with Crippen LogP contribution < -0.4 is 0 Å². The molecule has 0 saturated carbocycles. The second-order valence-corrected chi connectivity index (χ2v) is 4.45. The van der Waals surface area contributed by atoms with E-state index in [1.807, 2.05) is 6.92 Å². The van der Waals surface area contributed by atoms with Gasteiger partial charge in [-0.2, -0.15) is 0 Å². The van der Waals surface area contributed by atoms with Gasteiger partial charge in [0.05, 0.1) is 17.7 Å². The van der Waals surface area contributed by atoms with E-state index in [1.54, 1.807) is 6.07 Å². The highest BCUT2D eigenvalue weighted by atomic mass is 16.6. The van der Waals surface area contributed by atoms with Gasteiger partial charge in [0.1, 0.15) is 6.10 Å². The summed E-state index contributed by atoms with van der Waals surface area (Å²) >= 11 is 0. The standard InChI is InChI=1S/C16H18O6/c1-3-11(9-10-21-14(17)4-2)22-16(20)13-8-6-5-7-12(13)15(18)19/h4-8,11H,2-3,9-10H2,1H3,(H,18,19). The first-order chi connectivity index (χ1) is 10.5. The van der Waals surface area contributed by atoms with Gasteiger partial charge in [-0.1, -0.05) is 25.6 Å². The zero-order valence-electron chi connectivity index (χ0n) is 12.3. The van der Waals surface area contributed by atoms with Gasteiger partial charge in [-0.25, -0.2) is 14.4 Å². The molecule has 1 unspecified atom stereocenters. The summed E-state index contributed by atoms with van der Waals surface area (Å²) in [6.45, 7) is 5.19. The van der Waals surface area contributed by atoms with E-state index < -0.39 is 24.0 Å². The molecule has 1 N–H and O–H groups in total. The molecule has 0 aliphatic heterocycles. The molecule has 0 heterocycles. The summed E-state index contributed by atoms with van der Waals surface area (Å²) in [6, 6.07) is 5.84. The van der Waals surface area contributed by atoms with Crippen LogP contribution in [0.15, 0.2) is 36.9 Å². The second-order valence-electron chi connectivity index (χ2n) is 4.45. The van der Waals surface area contributed by atoms with Crippen LogP contribution in [0.25, 0.3) is 0 Å². The van der Waals surface area contributed by atoms with E-state index in [0.29, 0.717) is 12.8 Å². The van der Waals surface area contributed by atoms with Crippen molar-refractivity contribution in [3.05, 3.63) is 48.0 Å². The molecule has 6 heteroatoms. The molecule has 0 radical (unpaired) electrons. The highest BCUT2D eigenvalue weighted by Crippen LogP contribution is 2.14. The Balaban J connectivity index is 2.67. The lowest BCUT2D eigenvalue weighted by Crippen LogP contribution is -2.21. The summed E-state index contributed by atoms with van der Waals surface area (Å²) in [4.78, 5) is 34.1. The lowest BCUT2D eigenvalue weighted by molar-refractivity contribution is -0.138. The van der Waals surface area contributed by atoms with E-state index >= 15 is 0 Å². The third-order valence-electron chi connectivity index (χ3n) is 2.96. The quantitative estimate of drug-likeness (QED) is 0.586. The van der Waals surface area contributed by atoms with E-state index in [-0.39, 0.29) is 17.7 Å². The fourth-order valence-electron chi connectivity index (χ4n) is 1.76. The minimum absolute atomic E-state index is 0.00321. The van der Waals surface area contributed by atoms with E-state index in [2.05, 4.69) is 6.58 Å². The largest absolute Gasteiger partial charge is 0.478 e. The van der Waals surface area contributed by atoms with Gasteiger partial charge in [-0.05, 0) is 18.6 Å². The minimum atomic E-state index is -1.19. The number of carboxylic acid groups (broad SMARTS) is 1. The van der Waals surface area contributed by atoms with Crippen molar-refractivity contribution in [1.29, 1.82) is 0 Å². The van der Waals surface area contributed by atoms with Gasteiger partial charge in [0.2, 0.25) is 0 Å². The molecule has 1 aromatic carbocycles. The molecule has 0 amide bonds. The predicted octanol–water partition coefficient (Wildman–Crippen LogP) is 2.44. The highest BCUT2D eigenvalue weighted by molar-refractivity contribution is 6.02. The molecule has 1 atom stereocenters. The van der Waals surface area contributed by atoms with E-state index in [4.69, 9.17) is 14.6 Å². The molecule has 6 nitrogen and oxygen atoms in total. The molecule has 1 rings (SSSR count). The van der Waals surface area contributed by atoms with Gasteiger partial charge >= 0.3 is 17.9 Å². The molecule has 0 aliphatic carbocycles. The number of hydrogen-bond acceptors (Lipinski definition) is 5. The number of carbonyl (C=O) groups excluding carboxylic acids is 2. The Bertz CT molecular complexity index is 564. The van der Waals surface area contributed by atoms with Gasteiger partial charge in [-0.15, -0.1) is 0 Å². The maximum absolute atomic E-state index is 12.1. The van der Waals surface area contributed by atoms with Crippen LogP contribution in [-0.2, 0) is 14.3 Å². The van der Waals surface area contributed by atoms with Gasteiger partial charge in [-0.3, -0.25) is 0 Å². The number of esters is 2. The molecule has 0 saturated heterocycles. The lowest BCUT2D eigenvalue weighted by Gasteiger charge is -2.16. The van der Waals surface area contributed by atoms with Crippen molar-refractivity contribution in [2.45, 2.75) is 25.9 Å². The lowest BCUT2D eigenvalue weighted by atomic mass is 10.1. The molecule has 0 aromatic heterocycles. The molecule has 0 fully saturated rings. The van der Waals surface area contributed by atoms with Gasteiger partial charge in [0.25, 0.3) is 0 Å². The van der Waals surface area contributed by atoms with Crippen molar-refractivity contribution in [2.75, 3.05) is 6.61 Å². The van der Waals surface area contributed by atoms with E-state index in [0.717, 1.165) is 6.08 Å². The van der Waals surface area contributed by atoms with Crippen LogP contribution in [0.2, 0.25) is 0 Å². The molecular weight excluding hydrogens is 288 g/mol. The number of ether oxygens (including phenoxy) is 2. The number of benzene rings is 1. The molecule has 0 bridgehead atoms. The Hall–Kier alpha value is -2.63. The fourth-order valence-corrected chi connectivity index (χ4v) is 1.76. The maximum Gasteiger partial charge on any atom is 0.339 e. The summed E-state index contributed by atoms with van der Waals surface area (Å²) in [5, 5.41) is 9.06. The molecule has 118 valence electrons. The Morgan fingerprint density at radius 3 is 2.45 bits per heavy atom. The Morgan fingerprint density at radius 1 is 1.27 bits per heavy atom. The zero-order chi connectivity index (χ0) is 16.5. The highest BCUT2D eigenvalue weighted by Gasteiger charge is 2.20. The average molecular weight is 306 g/mol. The van der Waals surface area contributed by atoms with Crippen LogP contribution in [0.1, 0.15) is 40.5 Å². The third-order valence-corrected chi connectivity index (χ3v) is 2.96. The number of carbonyl (C=O) groups is 3. The van der Waals surface area contributed by atoms with Crippen LogP contribution in [0, 0.1) is 0 Å². The summed E-state index contributed by atoms with van der Waals surface area (Å²) in [7, 11) is 0. The fraction of sp³-hybridized carbons (Fsp3) is 0.312. The third kappa shape index (κ3) is 5.05. The zero-order valence-corrected chi connectivity index (χ0v) is 12.3. The second kappa shape index (κ2) is 8.61. The number of rotatable bonds is 8. The van der Waals surface area contributed by atoms with Crippen LogP contribution in [0.3, 0.4) is 0 Å². The minimum Gasteiger partial charge on any atom is -0.478 e. The van der Waals surface area contributed by atoms with Crippen LogP contribution >= 0.6 is 0 Å². The van der Waals surface area contributed by atoms with Crippen molar-refractivity contribution in [1.82, 2.24) is 0 Å². The summed E-state index contributed by atoms with van der Waals surface area (Å²) in [5.41, 5.74) is -0.114. The van der Waals surface area contributed by atoms with Crippen LogP contribution in [0.4, 0.5) is 0 Å². The predicted molar refractivity (Wildman–Crippen MR) is 78.7 cm³/mol. The Kier molecular flexibility index (Phi) is 6.82. The maximum atomic E-state index is 12.1. The van der Waals surface area contributed by atoms with Crippen LogP contribution in [0.5, 0.6) is 0 Å². The van der Waals surface area contributed by atoms with E-state index in [9.17, 15) is 14.4 Å². The first kappa shape index (κ1) is 17.4.